The molecule has 1 atom stereocenters. The van der Waals surface area contributed by atoms with E-state index in [-0.39, 0.29) is 16.9 Å². The summed E-state index contributed by atoms with van der Waals surface area (Å²) < 4.78 is 1.41. The molecule has 3 aromatic rings. The number of hydrogen-bond acceptors (Lipinski definition) is 6. The summed E-state index contributed by atoms with van der Waals surface area (Å²) in [6.07, 6.45) is 0. The molecule has 0 amide bonds. The molecule has 1 aromatic heterocycles. The molecule has 31 heavy (non-hydrogen) atoms. The normalized spacial score (nSPS) is 16.4. The van der Waals surface area contributed by atoms with Crippen molar-refractivity contribution in [3.05, 3.63) is 103 Å². The molecule has 1 aliphatic carbocycles. The van der Waals surface area contributed by atoms with Crippen LogP contribution in [-0.2, 0) is 6.54 Å². The van der Waals surface area contributed by atoms with Crippen molar-refractivity contribution < 1.29 is 14.7 Å². The highest BCUT2D eigenvalue weighted by molar-refractivity contribution is 6.23. The number of hydrogen-bond donors (Lipinski definition) is 2. The van der Waals surface area contributed by atoms with Gasteiger partial charge in [-0.15, -0.1) is 0 Å². The number of nitrogens with one attached hydrogen (secondary N) is 2. The van der Waals surface area contributed by atoms with Crippen LogP contribution in [0.15, 0.2) is 63.7 Å². The number of aromatic carboxylic acids is 1. The van der Waals surface area contributed by atoms with Crippen molar-refractivity contribution in [3.63, 3.8) is 0 Å². The van der Waals surface area contributed by atoms with Gasteiger partial charge in [-0.2, -0.15) is 0 Å². The fraction of sp³-hybridized carbons (Fsp3) is 0.130. The standard InChI is InChI=1S/C23H17N3O5/c1-2-26-20-17(21(28)25-23(26)31)15(11-7-9-12(10-8-11)22(29)30)16-18(24-20)13-5-3-4-6-14(13)19(16)27/h3-10,15,24H,2H2,1H3,(H,29,30)(H,25,28,31)/p-1/t15-/m1/s1. The van der Waals surface area contributed by atoms with E-state index in [2.05, 4.69) is 10.3 Å². The topological polar surface area (TPSA) is 124 Å². The lowest BCUT2D eigenvalue weighted by molar-refractivity contribution is -0.255. The van der Waals surface area contributed by atoms with E-state index in [9.17, 15) is 24.3 Å². The van der Waals surface area contributed by atoms with Crippen LogP contribution in [0, 0.1) is 0 Å². The molecule has 0 saturated heterocycles. The minimum atomic E-state index is -1.32. The van der Waals surface area contributed by atoms with Gasteiger partial charge in [0.15, 0.2) is 5.78 Å². The number of nitrogens with zero attached hydrogens (tertiary/aromatic N) is 1. The average molecular weight is 414 g/mol. The summed E-state index contributed by atoms with van der Waals surface area (Å²) in [7, 11) is 0. The molecule has 2 aliphatic rings. The first kappa shape index (κ1) is 18.8. The number of rotatable bonds is 3. The van der Waals surface area contributed by atoms with Crippen LogP contribution < -0.4 is 21.7 Å². The fourth-order valence-electron chi connectivity index (χ4n) is 4.41. The number of carboxylic acids is 1. The molecule has 0 spiro atoms. The predicted octanol–water partition coefficient (Wildman–Crippen LogP) is 1.08. The Bertz CT molecular complexity index is 1430. The van der Waals surface area contributed by atoms with Gasteiger partial charge >= 0.3 is 5.69 Å². The minimum Gasteiger partial charge on any atom is -0.545 e. The summed E-state index contributed by atoms with van der Waals surface area (Å²) in [5.74, 6) is -1.98. The van der Waals surface area contributed by atoms with Gasteiger partial charge in [0.25, 0.3) is 5.56 Å². The van der Waals surface area contributed by atoms with Crippen LogP contribution in [0.3, 0.4) is 0 Å². The summed E-state index contributed by atoms with van der Waals surface area (Å²) in [4.78, 5) is 52.2. The second-order valence-corrected chi connectivity index (χ2v) is 7.40. The Balaban J connectivity index is 1.83. The number of aromatic nitrogens is 2. The van der Waals surface area contributed by atoms with Gasteiger partial charge < -0.3 is 15.2 Å². The molecule has 0 fully saturated rings. The van der Waals surface area contributed by atoms with E-state index >= 15 is 0 Å². The number of carbonyl (C=O) groups is 2. The molecule has 0 radical (unpaired) electrons. The van der Waals surface area contributed by atoms with E-state index in [4.69, 9.17) is 0 Å². The second kappa shape index (κ2) is 6.66. The van der Waals surface area contributed by atoms with E-state index in [1.54, 1.807) is 31.2 Å². The summed E-state index contributed by atoms with van der Waals surface area (Å²) >= 11 is 0. The monoisotopic (exact) mass is 414 g/mol. The molecule has 8 nitrogen and oxygen atoms in total. The van der Waals surface area contributed by atoms with Crippen molar-refractivity contribution in [2.45, 2.75) is 19.4 Å². The fourth-order valence-corrected chi connectivity index (χ4v) is 4.41. The van der Waals surface area contributed by atoms with Crippen LogP contribution in [-0.4, -0.2) is 21.3 Å². The molecule has 154 valence electrons. The number of carboxylic acid groups (broad SMARTS) is 1. The lowest BCUT2D eigenvalue weighted by Crippen LogP contribution is -2.38. The maximum atomic E-state index is 13.3. The first-order valence-electron chi connectivity index (χ1n) is 9.76. The van der Waals surface area contributed by atoms with Crippen LogP contribution in [0.1, 0.15) is 50.2 Å². The van der Waals surface area contributed by atoms with E-state index in [0.717, 1.165) is 0 Å². The van der Waals surface area contributed by atoms with Crippen molar-refractivity contribution in [1.82, 2.24) is 9.55 Å². The lowest BCUT2D eigenvalue weighted by Gasteiger charge is -2.29. The zero-order valence-corrected chi connectivity index (χ0v) is 16.4. The van der Waals surface area contributed by atoms with Crippen molar-refractivity contribution in [2.24, 2.45) is 0 Å². The van der Waals surface area contributed by atoms with Crippen LogP contribution >= 0.6 is 0 Å². The van der Waals surface area contributed by atoms with Crippen molar-refractivity contribution in [3.8, 4) is 0 Å². The van der Waals surface area contributed by atoms with Gasteiger partial charge in [0.05, 0.1) is 17.2 Å². The Morgan fingerprint density at radius 1 is 1.03 bits per heavy atom. The number of fused-ring (bicyclic) bond motifs is 3. The van der Waals surface area contributed by atoms with Gasteiger partial charge in [-0.3, -0.25) is 19.1 Å². The summed E-state index contributed by atoms with van der Waals surface area (Å²) in [5.41, 5.74) is 1.78. The Morgan fingerprint density at radius 3 is 2.35 bits per heavy atom. The van der Waals surface area contributed by atoms with E-state index < -0.39 is 23.1 Å². The summed E-state index contributed by atoms with van der Waals surface area (Å²) in [6, 6.07) is 13.0. The van der Waals surface area contributed by atoms with Gasteiger partial charge in [0, 0.05) is 29.2 Å². The zero-order chi connectivity index (χ0) is 21.9. The van der Waals surface area contributed by atoms with Gasteiger partial charge in [-0.1, -0.05) is 48.5 Å². The number of carbonyl (C=O) groups excluding carboxylic acids is 2. The first-order valence-corrected chi connectivity index (χ1v) is 9.76. The van der Waals surface area contributed by atoms with Crippen LogP contribution in [0.25, 0.3) is 5.70 Å². The number of ketones is 1. The number of aromatic amines is 1. The van der Waals surface area contributed by atoms with Crippen molar-refractivity contribution in [1.29, 1.82) is 0 Å². The SMILES string of the molecule is CCn1c2c(c(=O)[nH]c1=O)[C@H](c1ccc(C(=O)[O-])cc1)C1=C(N2)c2ccccc2C1=O. The first-order chi connectivity index (χ1) is 14.9. The van der Waals surface area contributed by atoms with Gasteiger partial charge in [0.1, 0.15) is 5.82 Å². The molecule has 5 rings (SSSR count). The molecule has 2 heterocycles. The molecule has 0 bridgehead atoms. The third-order valence-corrected chi connectivity index (χ3v) is 5.81. The third-order valence-electron chi connectivity index (χ3n) is 5.81. The summed E-state index contributed by atoms with van der Waals surface area (Å²) in [5, 5.41) is 14.3. The van der Waals surface area contributed by atoms with Crippen LogP contribution in [0.4, 0.5) is 5.82 Å². The summed E-state index contributed by atoms with van der Waals surface area (Å²) in [6.45, 7) is 2.09. The molecule has 2 N–H and O–H groups in total. The molecular weight excluding hydrogens is 398 g/mol. The molecule has 0 unspecified atom stereocenters. The zero-order valence-electron chi connectivity index (χ0n) is 16.4. The molecule has 1 aliphatic heterocycles. The lowest BCUT2D eigenvalue weighted by atomic mass is 9.81. The smallest absolute Gasteiger partial charge is 0.329 e. The van der Waals surface area contributed by atoms with Crippen LogP contribution in [0.2, 0.25) is 0 Å². The molecule has 2 aromatic carbocycles. The van der Waals surface area contributed by atoms with Crippen molar-refractivity contribution in [2.75, 3.05) is 5.32 Å². The molecular formula is C23H16N3O5-. The largest absolute Gasteiger partial charge is 0.545 e. The predicted molar refractivity (Wildman–Crippen MR) is 111 cm³/mol. The van der Waals surface area contributed by atoms with Gasteiger partial charge in [-0.25, -0.2) is 4.79 Å². The number of H-pyrrole nitrogens is 1. The van der Waals surface area contributed by atoms with Crippen LogP contribution in [0.5, 0.6) is 0 Å². The van der Waals surface area contributed by atoms with Crippen molar-refractivity contribution >= 4 is 23.3 Å². The highest BCUT2D eigenvalue weighted by atomic mass is 16.4. The second-order valence-electron chi connectivity index (χ2n) is 7.40. The Labute approximate surface area is 175 Å². The van der Waals surface area contributed by atoms with E-state index in [0.29, 0.717) is 40.3 Å². The maximum Gasteiger partial charge on any atom is 0.329 e. The Hall–Kier alpha value is -4.20. The number of anilines is 1. The Morgan fingerprint density at radius 2 is 1.71 bits per heavy atom. The van der Waals surface area contributed by atoms with E-state index in [1.165, 1.54) is 16.7 Å². The Kier molecular flexibility index (Phi) is 4.04. The number of Topliss-reactive ketones (excluding diaryl/α,β-unsaturated/α-hetero) is 1. The number of allylic oxidation sites excluding steroid dienone is 1. The molecule has 8 heteroatoms. The average Bonchev–Trinajstić information content (AvgIpc) is 3.05. The minimum absolute atomic E-state index is 0.0133. The van der Waals surface area contributed by atoms with Gasteiger partial charge in [0.2, 0.25) is 0 Å². The highest BCUT2D eigenvalue weighted by Crippen LogP contribution is 2.47. The van der Waals surface area contributed by atoms with Gasteiger partial charge in [-0.05, 0) is 18.1 Å². The maximum absolute atomic E-state index is 13.3. The van der Waals surface area contributed by atoms with E-state index in [1.807, 2.05) is 12.1 Å². The quantitative estimate of drug-likeness (QED) is 0.661. The third kappa shape index (κ3) is 2.61. The highest BCUT2D eigenvalue weighted by Gasteiger charge is 2.42. The number of benzene rings is 2. The molecule has 0 saturated carbocycles.